The molecule has 0 radical (unpaired) electrons. The maximum absolute atomic E-state index is 13.4. The van der Waals surface area contributed by atoms with Gasteiger partial charge in [0, 0.05) is 12.1 Å². The quantitative estimate of drug-likeness (QED) is 0.209. The molecule has 7 nitrogen and oxygen atoms in total. The molecule has 1 fully saturated rings. The van der Waals surface area contributed by atoms with E-state index in [1.807, 2.05) is 44.2 Å². The minimum absolute atomic E-state index is 0.00454. The monoisotopic (exact) mass is 565 g/mol. The second-order valence-corrected chi connectivity index (χ2v) is 9.72. The van der Waals surface area contributed by atoms with Crippen LogP contribution < -0.4 is 14.2 Å². The van der Waals surface area contributed by atoms with Gasteiger partial charge in [-0.3, -0.25) is 9.59 Å². The Hall–Kier alpha value is -3.78. The Bertz CT molecular complexity index is 1370. The van der Waals surface area contributed by atoms with Gasteiger partial charge in [-0.1, -0.05) is 24.3 Å². The molecule has 1 heterocycles. The van der Waals surface area contributed by atoms with Crippen LogP contribution in [-0.4, -0.2) is 42.0 Å². The molecule has 1 unspecified atom stereocenters. The summed E-state index contributed by atoms with van der Waals surface area (Å²) in [6, 6.07) is 18.7. The standard InChI is InChI=1S/C29H28BrNO6/c1-17(2)37-22-10-5-7-18(13-22)16-31-26(19-8-6-9-21(14-19)35-3)25(28(33)29(31)34)27(32)20-11-12-24(36-4)23(30)15-20/h5-15,17,26,32H,16H2,1-4H3/b27-25-. The van der Waals surface area contributed by atoms with Gasteiger partial charge in [-0.05, 0) is 83.4 Å². The van der Waals surface area contributed by atoms with Crippen LogP contribution >= 0.6 is 15.9 Å². The first kappa shape index (κ1) is 26.3. The minimum Gasteiger partial charge on any atom is -0.507 e. The van der Waals surface area contributed by atoms with E-state index < -0.39 is 17.7 Å². The first-order valence-corrected chi connectivity index (χ1v) is 12.5. The Balaban J connectivity index is 1.83. The van der Waals surface area contributed by atoms with Crippen LogP contribution in [-0.2, 0) is 16.1 Å². The van der Waals surface area contributed by atoms with Crippen molar-refractivity contribution >= 4 is 33.4 Å². The van der Waals surface area contributed by atoms with Gasteiger partial charge in [-0.15, -0.1) is 0 Å². The zero-order valence-electron chi connectivity index (χ0n) is 21.0. The fourth-order valence-electron chi connectivity index (χ4n) is 4.36. The number of methoxy groups -OCH3 is 2. The second-order valence-electron chi connectivity index (χ2n) is 8.87. The van der Waals surface area contributed by atoms with Crippen molar-refractivity contribution in [2.75, 3.05) is 14.2 Å². The molecule has 1 atom stereocenters. The van der Waals surface area contributed by atoms with Crippen LogP contribution in [0.4, 0.5) is 0 Å². The van der Waals surface area contributed by atoms with E-state index in [1.165, 1.54) is 12.0 Å². The van der Waals surface area contributed by atoms with Gasteiger partial charge >= 0.3 is 0 Å². The third kappa shape index (κ3) is 5.49. The topological polar surface area (TPSA) is 85.3 Å². The van der Waals surface area contributed by atoms with Crippen molar-refractivity contribution in [3.8, 4) is 17.2 Å². The summed E-state index contributed by atoms with van der Waals surface area (Å²) in [7, 11) is 3.08. The van der Waals surface area contributed by atoms with E-state index in [9.17, 15) is 14.7 Å². The predicted octanol–water partition coefficient (Wildman–Crippen LogP) is 5.88. The van der Waals surface area contributed by atoms with Crippen molar-refractivity contribution in [2.24, 2.45) is 0 Å². The number of rotatable bonds is 8. The molecule has 1 N–H and O–H groups in total. The Morgan fingerprint density at radius 3 is 2.38 bits per heavy atom. The van der Waals surface area contributed by atoms with Crippen molar-refractivity contribution in [3.63, 3.8) is 0 Å². The molecule has 192 valence electrons. The molecular formula is C29H28BrNO6. The third-order valence-electron chi connectivity index (χ3n) is 6.00. The van der Waals surface area contributed by atoms with Crippen molar-refractivity contribution < 1.29 is 28.9 Å². The number of halogens is 1. The third-order valence-corrected chi connectivity index (χ3v) is 6.62. The highest BCUT2D eigenvalue weighted by Gasteiger charge is 2.46. The van der Waals surface area contributed by atoms with Crippen molar-refractivity contribution in [2.45, 2.75) is 32.5 Å². The van der Waals surface area contributed by atoms with Crippen LogP contribution in [0.25, 0.3) is 5.76 Å². The summed E-state index contributed by atoms with van der Waals surface area (Å²) in [4.78, 5) is 28.2. The number of ketones is 1. The first-order chi connectivity index (χ1) is 17.7. The number of hydrogen-bond acceptors (Lipinski definition) is 6. The van der Waals surface area contributed by atoms with E-state index in [1.54, 1.807) is 43.5 Å². The smallest absolute Gasteiger partial charge is 0.295 e. The minimum atomic E-state index is -0.828. The fourth-order valence-corrected chi connectivity index (χ4v) is 4.90. The molecule has 1 saturated heterocycles. The average molecular weight is 566 g/mol. The molecule has 1 aliphatic heterocycles. The van der Waals surface area contributed by atoms with Gasteiger partial charge in [0.1, 0.15) is 23.0 Å². The molecule has 1 amide bonds. The van der Waals surface area contributed by atoms with Gasteiger partial charge in [-0.2, -0.15) is 0 Å². The first-order valence-electron chi connectivity index (χ1n) is 11.7. The summed E-state index contributed by atoms with van der Waals surface area (Å²) in [6.07, 6.45) is -0.00918. The van der Waals surface area contributed by atoms with E-state index >= 15 is 0 Å². The average Bonchev–Trinajstić information content (AvgIpc) is 3.13. The van der Waals surface area contributed by atoms with Gasteiger partial charge in [0.25, 0.3) is 11.7 Å². The summed E-state index contributed by atoms with van der Waals surface area (Å²) in [6.45, 7) is 4.02. The fraction of sp³-hybridized carbons (Fsp3) is 0.241. The van der Waals surface area contributed by atoms with E-state index in [0.29, 0.717) is 32.8 Å². The number of hydrogen-bond donors (Lipinski definition) is 1. The summed E-state index contributed by atoms with van der Waals surface area (Å²) >= 11 is 3.42. The molecule has 0 aromatic heterocycles. The van der Waals surface area contributed by atoms with Crippen LogP contribution in [0.15, 0.2) is 76.8 Å². The Morgan fingerprint density at radius 2 is 1.70 bits per heavy atom. The van der Waals surface area contributed by atoms with Crippen LogP contribution in [0.5, 0.6) is 17.2 Å². The van der Waals surface area contributed by atoms with Gasteiger partial charge < -0.3 is 24.2 Å². The number of nitrogens with zero attached hydrogens (tertiary/aromatic N) is 1. The summed E-state index contributed by atoms with van der Waals surface area (Å²) in [5.74, 6) is 0.0930. The lowest BCUT2D eigenvalue weighted by Gasteiger charge is -2.26. The van der Waals surface area contributed by atoms with Crippen LogP contribution in [0, 0.1) is 0 Å². The number of ether oxygens (including phenoxy) is 3. The number of carbonyl (C=O) groups is 2. The van der Waals surface area contributed by atoms with E-state index in [2.05, 4.69) is 15.9 Å². The zero-order valence-corrected chi connectivity index (χ0v) is 22.6. The lowest BCUT2D eigenvalue weighted by molar-refractivity contribution is -0.140. The van der Waals surface area contributed by atoms with Crippen LogP contribution in [0.3, 0.4) is 0 Å². The maximum atomic E-state index is 13.4. The van der Waals surface area contributed by atoms with Gasteiger partial charge in [0.05, 0.1) is 36.4 Å². The highest BCUT2D eigenvalue weighted by atomic mass is 79.9. The number of aliphatic hydroxyl groups excluding tert-OH is 1. The largest absolute Gasteiger partial charge is 0.507 e. The Kier molecular flexibility index (Phi) is 7.88. The molecule has 0 bridgehead atoms. The zero-order chi connectivity index (χ0) is 26.7. The molecule has 8 heteroatoms. The van der Waals surface area contributed by atoms with E-state index in [4.69, 9.17) is 14.2 Å². The number of benzene rings is 3. The van der Waals surface area contributed by atoms with Crippen molar-refractivity contribution in [3.05, 3.63) is 93.5 Å². The lowest BCUT2D eigenvalue weighted by Crippen LogP contribution is -2.29. The number of Topliss-reactive ketones (excluding diaryl/α,β-unsaturated/α-hetero) is 1. The van der Waals surface area contributed by atoms with Gasteiger partial charge in [0.2, 0.25) is 0 Å². The van der Waals surface area contributed by atoms with E-state index in [-0.39, 0.29) is 24.0 Å². The highest BCUT2D eigenvalue weighted by molar-refractivity contribution is 9.10. The summed E-state index contributed by atoms with van der Waals surface area (Å²) in [5.41, 5.74) is 1.82. The summed E-state index contributed by atoms with van der Waals surface area (Å²) in [5, 5.41) is 11.3. The molecule has 4 rings (SSSR count). The van der Waals surface area contributed by atoms with Crippen molar-refractivity contribution in [1.82, 2.24) is 4.90 Å². The number of likely N-dealkylation sites (tertiary alicyclic amines) is 1. The predicted molar refractivity (Wildman–Crippen MR) is 144 cm³/mol. The van der Waals surface area contributed by atoms with E-state index in [0.717, 1.165) is 5.56 Å². The van der Waals surface area contributed by atoms with Crippen LogP contribution in [0.1, 0.15) is 36.6 Å². The molecule has 0 saturated carbocycles. The number of aliphatic hydroxyl groups is 1. The van der Waals surface area contributed by atoms with Gasteiger partial charge in [0.15, 0.2) is 0 Å². The second kappa shape index (κ2) is 11.1. The Labute approximate surface area is 224 Å². The van der Waals surface area contributed by atoms with Crippen LogP contribution in [0.2, 0.25) is 0 Å². The molecule has 0 spiro atoms. The Morgan fingerprint density at radius 1 is 0.973 bits per heavy atom. The molecule has 1 aliphatic rings. The number of carbonyl (C=O) groups excluding carboxylic acids is 2. The highest BCUT2D eigenvalue weighted by Crippen LogP contribution is 2.42. The number of amides is 1. The van der Waals surface area contributed by atoms with Gasteiger partial charge in [-0.25, -0.2) is 0 Å². The molecule has 37 heavy (non-hydrogen) atoms. The lowest BCUT2D eigenvalue weighted by atomic mass is 9.95. The van der Waals surface area contributed by atoms with Crippen molar-refractivity contribution in [1.29, 1.82) is 0 Å². The molecular weight excluding hydrogens is 538 g/mol. The maximum Gasteiger partial charge on any atom is 0.295 e. The molecule has 3 aromatic carbocycles. The summed E-state index contributed by atoms with van der Waals surface area (Å²) < 4.78 is 17.1. The normalized spacial score (nSPS) is 16.8. The molecule has 0 aliphatic carbocycles. The molecule has 3 aromatic rings. The SMILES string of the molecule is COc1cccc(C2/C(=C(/O)c3ccc(OC)c(Br)c3)C(=O)C(=O)N2Cc2cccc(OC(C)C)c2)c1.